The predicted octanol–water partition coefficient (Wildman–Crippen LogP) is 3.86. The van der Waals surface area contributed by atoms with Crippen LogP contribution in [0.2, 0.25) is 5.02 Å². The maximum Gasteiger partial charge on any atom is 0.298 e. The average molecular weight is 516 g/mol. The van der Waals surface area contributed by atoms with Crippen LogP contribution in [0.25, 0.3) is 10.9 Å². The molecule has 2 heterocycles. The van der Waals surface area contributed by atoms with E-state index in [0.717, 1.165) is 6.07 Å². The Morgan fingerprint density at radius 2 is 2.08 bits per heavy atom. The zero-order valence-electron chi connectivity index (χ0n) is 19.9. The number of likely N-dealkylation sites (tertiary alicyclic amines) is 1. The lowest BCUT2D eigenvalue weighted by atomic mass is 10.2. The van der Waals surface area contributed by atoms with Gasteiger partial charge in [-0.3, -0.25) is 9.69 Å². The summed E-state index contributed by atoms with van der Waals surface area (Å²) >= 11 is 5.71. The molecule has 1 N–H and O–H groups in total. The fourth-order valence-corrected chi connectivity index (χ4v) is 3.87. The fourth-order valence-electron chi connectivity index (χ4n) is 3.71. The summed E-state index contributed by atoms with van der Waals surface area (Å²) in [5.74, 6) is 4.60. The molecular formula is C25H24ClF2N5O3. The van der Waals surface area contributed by atoms with Gasteiger partial charge in [0.2, 0.25) is 0 Å². The average Bonchev–Trinajstić information content (AvgIpc) is 3.32. The van der Waals surface area contributed by atoms with Crippen LogP contribution in [0.4, 0.5) is 20.3 Å². The third-order valence-corrected chi connectivity index (χ3v) is 5.87. The highest BCUT2D eigenvalue weighted by atomic mass is 35.5. The van der Waals surface area contributed by atoms with Crippen LogP contribution in [-0.4, -0.2) is 72.6 Å². The number of anilines is 2. The lowest BCUT2D eigenvalue weighted by Gasteiger charge is -2.18. The van der Waals surface area contributed by atoms with Crippen LogP contribution in [0.15, 0.2) is 30.6 Å². The molecule has 0 saturated carbocycles. The van der Waals surface area contributed by atoms with Gasteiger partial charge in [0, 0.05) is 24.4 Å². The molecule has 11 heteroatoms. The molecule has 1 aliphatic heterocycles. The minimum atomic E-state index is -0.933. The number of fused-ring (bicyclic) bond motifs is 1. The highest BCUT2D eigenvalue weighted by molar-refractivity contribution is 6.31. The highest BCUT2D eigenvalue weighted by Gasteiger charge is 2.28. The summed E-state index contributed by atoms with van der Waals surface area (Å²) in [6.45, 7) is 1.41. The summed E-state index contributed by atoms with van der Waals surface area (Å²) in [7, 11) is 5.27. The number of nitrogens with zero attached hydrogens (tertiary/aromatic N) is 4. The van der Waals surface area contributed by atoms with Crippen molar-refractivity contribution in [3.63, 3.8) is 0 Å². The van der Waals surface area contributed by atoms with Crippen LogP contribution in [0, 0.1) is 23.5 Å². The Kier molecular flexibility index (Phi) is 7.72. The van der Waals surface area contributed by atoms with Gasteiger partial charge in [0.25, 0.3) is 5.91 Å². The maximum absolute atomic E-state index is 14.5. The first-order chi connectivity index (χ1) is 17.3. The molecule has 1 amide bonds. The van der Waals surface area contributed by atoms with Gasteiger partial charge in [-0.25, -0.2) is 18.7 Å². The van der Waals surface area contributed by atoms with Crippen molar-refractivity contribution in [2.24, 2.45) is 0 Å². The number of carbonyl (C=O) groups excluding carboxylic acids is 1. The van der Waals surface area contributed by atoms with E-state index >= 15 is 0 Å². The zero-order chi connectivity index (χ0) is 25.8. The summed E-state index contributed by atoms with van der Waals surface area (Å²) in [6.07, 6.45) is 1.66. The Morgan fingerprint density at radius 1 is 1.28 bits per heavy atom. The Morgan fingerprint density at radius 3 is 2.83 bits per heavy atom. The molecule has 0 bridgehead atoms. The van der Waals surface area contributed by atoms with Crippen LogP contribution in [0.3, 0.4) is 0 Å². The van der Waals surface area contributed by atoms with Gasteiger partial charge in [0.15, 0.2) is 17.3 Å². The minimum Gasteiger partial charge on any atom is -0.493 e. The maximum atomic E-state index is 14.5. The van der Waals surface area contributed by atoms with Crippen molar-refractivity contribution in [1.29, 1.82) is 0 Å². The van der Waals surface area contributed by atoms with Crippen LogP contribution in [-0.2, 0) is 4.79 Å². The van der Waals surface area contributed by atoms with Gasteiger partial charge in [-0.2, -0.15) is 0 Å². The normalized spacial score (nSPS) is 15.1. The molecule has 1 unspecified atom stereocenters. The van der Waals surface area contributed by atoms with Crippen LogP contribution >= 0.6 is 11.6 Å². The standard InChI is InChI=1S/C25H24ClF2N5O3/c1-32(2)9-4-5-22(34)33-10-8-15(13-33)36-21-11-16-19(12-20(21)35-3)29-14-30-25(16)31-18-7-6-17(27)23(26)24(18)28/h6-7,11-12,14-15H,8-10,13H2,1-3H3,(H,29,30,31). The van der Waals surface area contributed by atoms with Crippen molar-refractivity contribution in [3.8, 4) is 23.3 Å². The lowest BCUT2D eigenvalue weighted by Crippen LogP contribution is -2.30. The molecule has 2 aromatic carbocycles. The smallest absolute Gasteiger partial charge is 0.298 e. The van der Waals surface area contributed by atoms with E-state index in [1.807, 2.05) is 19.0 Å². The number of hydrogen-bond acceptors (Lipinski definition) is 7. The number of nitrogens with one attached hydrogen (secondary N) is 1. The van der Waals surface area contributed by atoms with Crippen molar-refractivity contribution >= 4 is 39.9 Å². The number of amides is 1. The van der Waals surface area contributed by atoms with Gasteiger partial charge in [-0.1, -0.05) is 17.5 Å². The molecule has 0 spiro atoms. The number of aromatic nitrogens is 2. The molecule has 1 fully saturated rings. The van der Waals surface area contributed by atoms with Crippen molar-refractivity contribution in [2.45, 2.75) is 12.5 Å². The third-order valence-electron chi connectivity index (χ3n) is 5.53. The Hall–Kier alpha value is -3.68. The number of rotatable bonds is 6. The number of carbonyl (C=O) groups is 1. The summed E-state index contributed by atoms with van der Waals surface area (Å²) in [4.78, 5) is 24.4. The molecule has 36 heavy (non-hydrogen) atoms. The first-order valence-corrected chi connectivity index (χ1v) is 11.5. The van der Waals surface area contributed by atoms with E-state index < -0.39 is 16.7 Å². The van der Waals surface area contributed by atoms with E-state index in [4.69, 9.17) is 21.1 Å². The van der Waals surface area contributed by atoms with Crippen molar-refractivity contribution in [1.82, 2.24) is 19.8 Å². The van der Waals surface area contributed by atoms with Crippen LogP contribution in [0.5, 0.6) is 11.5 Å². The number of hydrogen-bond donors (Lipinski definition) is 1. The Balaban J connectivity index is 1.57. The third kappa shape index (κ3) is 5.58. The first-order valence-electron chi connectivity index (χ1n) is 11.1. The highest BCUT2D eigenvalue weighted by Crippen LogP contribution is 2.37. The molecule has 0 radical (unpaired) electrons. The number of ether oxygens (including phenoxy) is 2. The molecule has 4 rings (SSSR count). The van der Waals surface area contributed by atoms with Crippen molar-refractivity contribution in [2.75, 3.05) is 46.2 Å². The molecule has 1 aliphatic rings. The Labute approximate surface area is 212 Å². The molecular weight excluding hydrogens is 492 g/mol. The van der Waals surface area contributed by atoms with Gasteiger partial charge in [-0.05, 0) is 38.2 Å². The summed E-state index contributed by atoms with van der Waals surface area (Å²) < 4.78 is 39.7. The van der Waals surface area contributed by atoms with Crippen LogP contribution < -0.4 is 14.8 Å². The zero-order valence-corrected chi connectivity index (χ0v) is 20.7. The largest absolute Gasteiger partial charge is 0.493 e. The van der Waals surface area contributed by atoms with Crippen molar-refractivity contribution in [3.05, 3.63) is 47.2 Å². The molecule has 3 aromatic rings. The van der Waals surface area contributed by atoms with E-state index in [9.17, 15) is 13.6 Å². The second-order valence-corrected chi connectivity index (χ2v) is 8.79. The second-order valence-electron chi connectivity index (χ2n) is 8.41. The summed E-state index contributed by atoms with van der Waals surface area (Å²) in [5.41, 5.74) is 0.477. The van der Waals surface area contributed by atoms with E-state index in [1.165, 1.54) is 19.5 Å². The SMILES string of the molecule is COc1cc2ncnc(Nc3ccc(F)c(Cl)c3F)c2cc1OC1CCN(C(=O)C#CCN(C)C)C1. The van der Waals surface area contributed by atoms with Gasteiger partial charge in [0.05, 0.1) is 31.4 Å². The number of benzene rings is 2. The van der Waals surface area contributed by atoms with Gasteiger partial charge < -0.3 is 19.7 Å². The van der Waals surface area contributed by atoms with Gasteiger partial charge in [-0.15, -0.1) is 0 Å². The van der Waals surface area contributed by atoms with Crippen molar-refractivity contribution < 1.29 is 23.0 Å². The van der Waals surface area contributed by atoms with Crippen LogP contribution in [0.1, 0.15) is 6.42 Å². The first kappa shape index (κ1) is 25.4. The molecule has 1 atom stereocenters. The fraction of sp³-hybridized carbons (Fsp3) is 0.320. The van der Waals surface area contributed by atoms with E-state index in [2.05, 4.69) is 27.1 Å². The molecule has 188 valence electrons. The predicted molar refractivity (Wildman–Crippen MR) is 133 cm³/mol. The summed E-state index contributed by atoms with van der Waals surface area (Å²) in [5, 5.41) is 2.75. The van der Waals surface area contributed by atoms with Gasteiger partial charge >= 0.3 is 0 Å². The number of halogens is 3. The summed E-state index contributed by atoms with van der Waals surface area (Å²) in [6, 6.07) is 5.65. The number of methoxy groups -OCH3 is 1. The quantitative estimate of drug-likeness (QED) is 0.394. The topological polar surface area (TPSA) is 79.8 Å². The second kappa shape index (κ2) is 10.9. The molecule has 1 aromatic heterocycles. The molecule has 8 nitrogen and oxygen atoms in total. The van der Waals surface area contributed by atoms with Gasteiger partial charge in [0.1, 0.15) is 29.1 Å². The Bertz CT molecular complexity index is 1360. The lowest BCUT2D eigenvalue weighted by molar-refractivity contribution is -0.124. The minimum absolute atomic E-state index is 0.0417. The molecule has 0 aliphatic carbocycles. The van der Waals surface area contributed by atoms with E-state index in [-0.39, 0.29) is 23.5 Å². The monoisotopic (exact) mass is 515 g/mol. The molecule has 1 saturated heterocycles. The van der Waals surface area contributed by atoms with E-state index in [1.54, 1.807) is 17.0 Å². The van der Waals surface area contributed by atoms with E-state index in [0.29, 0.717) is 48.5 Å².